The van der Waals surface area contributed by atoms with Gasteiger partial charge in [0, 0.05) is 5.41 Å². The largest absolute Gasteiger partial charge is 0.453 e. The number of methoxy groups -OCH3 is 1. The molecule has 0 atom stereocenters. The van der Waals surface area contributed by atoms with Gasteiger partial charge in [-0.25, -0.2) is 4.79 Å². The fraction of sp³-hybridized carbons (Fsp3) is 0.556. The lowest BCUT2D eigenvalue weighted by atomic mass is 9.92. The average molecular weight is 276 g/mol. The molecule has 0 bridgehead atoms. The van der Waals surface area contributed by atoms with Crippen molar-refractivity contribution < 1.29 is 9.53 Å². The number of H-pyrrole nitrogens is 1. The van der Waals surface area contributed by atoms with Crippen molar-refractivity contribution in [1.82, 2.24) is 10.2 Å². The minimum Gasteiger partial charge on any atom is -0.453 e. The van der Waals surface area contributed by atoms with E-state index in [1.807, 2.05) is 20.8 Å². The van der Waals surface area contributed by atoms with Gasteiger partial charge in [-0.2, -0.15) is 5.10 Å². The molecule has 0 fully saturated rings. The number of nitrogens with one attached hydrogen (secondary N) is 2. The Bertz CT molecular complexity index is 368. The third-order valence-electron chi connectivity index (χ3n) is 1.86. The Balaban J connectivity index is 2.95. The number of ether oxygens (including phenoxy) is 1. The van der Waals surface area contributed by atoms with Gasteiger partial charge in [-0.1, -0.05) is 20.8 Å². The lowest BCUT2D eigenvalue weighted by molar-refractivity contribution is 0.187. The normalized spacial score (nSPS) is 11.3. The van der Waals surface area contributed by atoms with Crippen LogP contribution in [0.4, 0.5) is 10.6 Å². The van der Waals surface area contributed by atoms with Gasteiger partial charge in [-0.15, -0.1) is 0 Å². The third kappa shape index (κ3) is 2.71. The smallest absolute Gasteiger partial charge is 0.412 e. The van der Waals surface area contributed by atoms with Crippen molar-refractivity contribution in [3.8, 4) is 0 Å². The molecule has 0 saturated carbocycles. The highest BCUT2D eigenvalue weighted by Gasteiger charge is 2.23. The molecule has 6 heteroatoms. The molecule has 0 aliphatic heterocycles. The molecule has 0 aliphatic rings. The first-order valence-corrected chi connectivity index (χ1v) is 5.25. The second kappa shape index (κ2) is 4.22. The van der Waals surface area contributed by atoms with Crippen LogP contribution in [-0.4, -0.2) is 23.4 Å². The molecule has 1 amide bonds. The van der Waals surface area contributed by atoms with Crippen LogP contribution in [-0.2, 0) is 10.2 Å². The van der Waals surface area contributed by atoms with E-state index in [0.29, 0.717) is 5.82 Å². The number of hydrogen-bond acceptors (Lipinski definition) is 3. The number of carbonyl (C=O) groups is 1. The van der Waals surface area contributed by atoms with Crippen LogP contribution in [0.25, 0.3) is 0 Å². The number of hydrogen-bond donors (Lipinski definition) is 2. The van der Waals surface area contributed by atoms with Crippen molar-refractivity contribution in [2.24, 2.45) is 0 Å². The number of rotatable bonds is 1. The highest BCUT2D eigenvalue weighted by Crippen LogP contribution is 2.32. The van der Waals surface area contributed by atoms with Crippen LogP contribution in [0.2, 0.25) is 0 Å². The quantitative estimate of drug-likeness (QED) is 0.828. The van der Waals surface area contributed by atoms with E-state index in [1.165, 1.54) is 7.11 Å². The van der Waals surface area contributed by atoms with Crippen molar-refractivity contribution in [3.63, 3.8) is 0 Å². The van der Waals surface area contributed by atoms with Gasteiger partial charge in [0.05, 0.1) is 17.3 Å². The topological polar surface area (TPSA) is 67.0 Å². The Morgan fingerprint density at radius 1 is 1.53 bits per heavy atom. The zero-order valence-electron chi connectivity index (χ0n) is 9.14. The number of amides is 1. The molecule has 0 spiro atoms. The van der Waals surface area contributed by atoms with E-state index >= 15 is 0 Å². The van der Waals surface area contributed by atoms with E-state index in [4.69, 9.17) is 0 Å². The average Bonchev–Trinajstić information content (AvgIpc) is 2.47. The van der Waals surface area contributed by atoms with Crippen LogP contribution in [0.5, 0.6) is 0 Å². The van der Waals surface area contributed by atoms with Crippen molar-refractivity contribution in [2.75, 3.05) is 12.4 Å². The zero-order chi connectivity index (χ0) is 11.6. The van der Waals surface area contributed by atoms with Gasteiger partial charge in [0.2, 0.25) is 0 Å². The first-order chi connectivity index (χ1) is 6.86. The molecule has 2 N–H and O–H groups in total. The van der Waals surface area contributed by atoms with Crippen LogP contribution in [0.3, 0.4) is 0 Å². The van der Waals surface area contributed by atoms with Crippen LogP contribution in [0.15, 0.2) is 4.47 Å². The molecule has 0 unspecified atom stereocenters. The predicted octanol–water partition coefficient (Wildman–Crippen LogP) is 2.65. The standard InChI is InChI=1S/C9H14BrN3O2/c1-9(2,3)6-5(10)7(13-12-6)11-8(14)15-4/h1-4H3,(H2,11,12,13,14). The molecular weight excluding hydrogens is 262 g/mol. The van der Waals surface area contributed by atoms with E-state index in [-0.39, 0.29) is 5.41 Å². The number of carbonyl (C=O) groups excluding carboxylic acids is 1. The summed E-state index contributed by atoms with van der Waals surface area (Å²) < 4.78 is 5.23. The highest BCUT2D eigenvalue weighted by atomic mass is 79.9. The Morgan fingerprint density at radius 3 is 2.53 bits per heavy atom. The molecule has 5 nitrogen and oxygen atoms in total. The molecule has 15 heavy (non-hydrogen) atoms. The number of nitrogens with zero attached hydrogens (tertiary/aromatic N) is 1. The van der Waals surface area contributed by atoms with Crippen LogP contribution in [0.1, 0.15) is 26.5 Å². The Morgan fingerprint density at radius 2 is 2.13 bits per heavy atom. The molecule has 0 saturated heterocycles. The van der Waals surface area contributed by atoms with Gasteiger partial charge in [-0.05, 0) is 15.9 Å². The lowest BCUT2D eigenvalue weighted by Gasteiger charge is -2.16. The fourth-order valence-electron chi connectivity index (χ4n) is 1.06. The molecule has 0 aliphatic carbocycles. The van der Waals surface area contributed by atoms with E-state index in [2.05, 4.69) is 36.2 Å². The summed E-state index contributed by atoms with van der Waals surface area (Å²) >= 11 is 3.38. The predicted molar refractivity (Wildman–Crippen MR) is 61.0 cm³/mol. The van der Waals surface area contributed by atoms with E-state index < -0.39 is 6.09 Å². The fourth-order valence-corrected chi connectivity index (χ4v) is 1.93. The molecule has 1 aromatic rings. The first kappa shape index (κ1) is 12.0. The molecule has 0 radical (unpaired) electrons. The van der Waals surface area contributed by atoms with E-state index in [1.54, 1.807) is 0 Å². The minimum atomic E-state index is -0.539. The summed E-state index contributed by atoms with van der Waals surface area (Å²) in [5.41, 5.74) is 0.857. The Labute approximate surface area is 96.7 Å². The highest BCUT2D eigenvalue weighted by molar-refractivity contribution is 9.10. The van der Waals surface area contributed by atoms with Gasteiger partial charge in [0.15, 0.2) is 5.82 Å². The SMILES string of the molecule is COC(=O)Nc1n[nH]c(C(C)(C)C)c1Br. The van der Waals surface area contributed by atoms with Crippen LogP contribution in [0, 0.1) is 0 Å². The summed E-state index contributed by atoms with van der Waals surface area (Å²) in [5.74, 6) is 0.437. The Kier molecular flexibility index (Phi) is 3.38. The summed E-state index contributed by atoms with van der Waals surface area (Å²) in [5, 5.41) is 9.36. The second-order valence-corrected chi connectivity index (χ2v) is 4.92. The number of aromatic amines is 1. The first-order valence-electron chi connectivity index (χ1n) is 4.45. The minimum absolute atomic E-state index is 0.0676. The summed E-state index contributed by atoms with van der Waals surface area (Å²) in [6, 6.07) is 0. The summed E-state index contributed by atoms with van der Waals surface area (Å²) in [6.07, 6.45) is -0.539. The zero-order valence-corrected chi connectivity index (χ0v) is 10.7. The van der Waals surface area contributed by atoms with Gasteiger partial charge >= 0.3 is 6.09 Å². The van der Waals surface area contributed by atoms with Crippen molar-refractivity contribution in [1.29, 1.82) is 0 Å². The Hall–Kier alpha value is -1.04. The third-order valence-corrected chi connectivity index (χ3v) is 2.63. The maximum absolute atomic E-state index is 11.0. The summed E-state index contributed by atoms with van der Waals surface area (Å²) in [7, 11) is 1.31. The number of halogens is 1. The molecule has 84 valence electrons. The number of anilines is 1. The summed E-state index contributed by atoms with van der Waals surface area (Å²) in [4.78, 5) is 11.0. The monoisotopic (exact) mass is 275 g/mol. The summed E-state index contributed by atoms with van der Waals surface area (Å²) in [6.45, 7) is 6.15. The second-order valence-electron chi connectivity index (χ2n) is 4.13. The maximum Gasteiger partial charge on any atom is 0.412 e. The molecule has 1 heterocycles. The molecular formula is C9H14BrN3O2. The van der Waals surface area contributed by atoms with Crippen LogP contribution < -0.4 is 5.32 Å². The van der Waals surface area contributed by atoms with Gasteiger partial charge < -0.3 is 4.74 Å². The van der Waals surface area contributed by atoms with Gasteiger partial charge in [-0.3, -0.25) is 10.4 Å². The number of aromatic nitrogens is 2. The molecule has 1 rings (SSSR count). The van der Waals surface area contributed by atoms with Crippen LogP contribution >= 0.6 is 15.9 Å². The van der Waals surface area contributed by atoms with Crippen molar-refractivity contribution in [3.05, 3.63) is 10.2 Å². The van der Waals surface area contributed by atoms with Gasteiger partial charge in [0.1, 0.15) is 0 Å². The molecule has 1 aromatic heterocycles. The lowest BCUT2D eigenvalue weighted by Crippen LogP contribution is -2.13. The van der Waals surface area contributed by atoms with Crippen molar-refractivity contribution >= 4 is 27.8 Å². The van der Waals surface area contributed by atoms with E-state index in [9.17, 15) is 4.79 Å². The van der Waals surface area contributed by atoms with Gasteiger partial charge in [0.25, 0.3) is 0 Å². The maximum atomic E-state index is 11.0. The van der Waals surface area contributed by atoms with Crippen molar-refractivity contribution in [2.45, 2.75) is 26.2 Å². The van der Waals surface area contributed by atoms with E-state index in [0.717, 1.165) is 10.2 Å². The molecule has 0 aromatic carbocycles.